The predicted molar refractivity (Wildman–Crippen MR) is 96.9 cm³/mol. The molecule has 1 aromatic carbocycles. The average molecular weight is 392 g/mol. The summed E-state index contributed by atoms with van der Waals surface area (Å²) in [7, 11) is 0. The highest BCUT2D eigenvalue weighted by atomic mass is 32.2. The maximum absolute atomic E-state index is 12.3. The molecule has 0 bridgehead atoms. The highest BCUT2D eigenvalue weighted by molar-refractivity contribution is 8.00. The Labute approximate surface area is 157 Å². The molecule has 0 aliphatic heterocycles. The summed E-state index contributed by atoms with van der Waals surface area (Å²) in [4.78, 5) is 12.2. The van der Waals surface area contributed by atoms with Gasteiger partial charge < -0.3 is 5.32 Å². The van der Waals surface area contributed by atoms with E-state index in [0.717, 1.165) is 0 Å². The number of nitrogens with one attached hydrogen (secondary N) is 1. The van der Waals surface area contributed by atoms with Crippen molar-refractivity contribution in [2.75, 3.05) is 0 Å². The van der Waals surface area contributed by atoms with Gasteiger partial charge in [0, 0.05) is 17.2 Å². The third-order valence-corrected chi connectivity index (χ3v) is 4.37. The van der Waals surface area contributed by atoms with Crippen LogP contribution in [-0.4, -0.2) is 26.0 Å². The van der Waals surface area contributed by atoms with E-state index in [-0.39, 0.29) is 28.6 Å². The number of aromatic nitrogens is 3. The SMILES string of the molecule is CC(NC(=O)/C=C/c1ccc(SC(F)(F)F)cc1)c1nnc2ccccn12. The van der Waals surface area contributed by atoms with Crippen LogP contribution < -0.4 is 5.32 Å². The lowest BCUT2D eigenvalue weighted by molar-refractivity contribution is -0.117. The smallest absolute Gasteiger partial charge is 0.343 e. The highest BCUT2D eigenvalue weighted by Crippen LogP contribution is 2.36. The van der Waals surface area contributed by atoms with Crippen molar-refractivity contribution in [1.29, 1.82) is 0 Å². The molecule has 0 saturated heterocycles. The van der Waals surface area contributed by atoms with Crippen molar-refractivity contribution < 1.29 is 18.0 Å². The quantitative estimate of drug-likeness (QED) is 0.521. The number of carbonyl (C=O) groups is 1. The Bertz CT molecular complexity index is 967. The van der Waals surface area contributed by atoms with Crippen molar-refractivity contribution >= 4 is 29.4 Å². The van der Waals surface area contributed by atoms with E-state index in [1.54, 1.807) is 11.3 Å². The standard InChI is InChI=1S/C18H15F3N4OS/c1-12(17-24-23-15-4-2-3-11-25(15)17)22-16(26)10-7-13-5-8-14(9-6-13)27-18(19,20)21/h2-12H,1H3,(H,22,26)/b10-7+. The number of fused-ring (bicyclic) bond motifs is 1. The van der Waals surface area contributed by atoms with E-state index < -0.39 is 5.51 Å². The molecule has 1 unspecified atom stereocenters. The molecular formula is C18H15F3N4OS. The Morgan fingerprint density at radius 1 is 1.19 bits per heavy atom. The number of hydrogen-bond donors (Lipinski definition) is 1. The first-order valence-electron chi connectivity index (χ1n) is 7.96. The Morgan fingerprint density at radius 3 is 2.63 bits per heavy atom. The number of carbonyl (C=O) groups excluding carboxylic acids is 1. The Hall–Kier alpha value is -2.81. The fourth-order valence-electron chi connectivity index (χ4n) is 2.43. The summed E-state index contributed by atoms with van der Waals surface area (Å²) in [6, 6.07) is 10.9. The van der Waals surface area contributed by atoms with E-state index >= 15 is 0 Å². The third-order valence-electron chi connectivity index (χ3n) is 3.63. The van der Waals surface area contributed by atoms with Gasteiger partial charge in [0.25, 0.3) is 0 Å². The number of nitrogens with zero attached hydrogens (tertiary/aromatic N) is 3. The molecule has 5 nitrogen and oxygen atoms in total. The van der Waals surface area contributed by atoms with Crippen molar-refractivity contribution in [1.82, 2.24) is 19.9 Å². The van der Waals surface area contributed by atoms with Gasteiger partial charge in [-0.15, -0.1) is 10.2 Å². The molecule has 2 aromatic heterocycles. The van der Waals surface area contributed by atoms with Gasteiger partial charge in [-0.2, -0.15) is 13.2 Å². The molecule has 0 fully saturated rings. The van der Waals surface area contributed by atoms with Crippen LogP contribution in [0.15, 0.2) is 59.6 Å². The summed E-state index contributed by atoms with van der Waals surface area (Å²) in [6.45, 7) is 1.79. The maximum Gasteiger partial charge on any atom is 0.446 e. The van der Waals surface area contributed by atoms with Gasteiger partial charge in [-0.05, 0) is 54.6 Å². The van der Waals surface area contributed by atoms with E-state index in [4.69, 9.17) is 0 Å². The van der Waals surface area contributed by atoms with Crippen LogP contribution in [0.2, 0.25) is 0 Å². The highest BCUT2D eigenvalue weighted by Gasteiger charge is 2.28. The number of benzene rings is 1. The second kappa shape index (κ2) is 7.83. The molecule has 1 atom stereocenters. The minimum Gasteiger partial charge on any atom is -0.343 e. The molecule has 0 spiro atoms. The number of pyridine rings is 1. The lowest BCUT2D eigenvalue weighted by Gasteiger charge is -2.10. The molecule has 3 rings (SSSR count). The number of hydrogen-bond acceptors (Lipinski definition) is 4. The van der Waals surface area contributed by atoms with Crippen molar-refractivity contribution in [2.24, 2.45) is 0 Å². The van der Waals surface area contributed by atoms with Crippen LogP contribution in [0.5, 0.6) is 0 Å². The van der Waals surface area contributed by atoms with E-state index in [9.17, 15) is 18.0 Å². The van der Waals surface area contributed by atoms with Crippen molar-refractivity contribution in [2.45, 2.75) is 23.4 Å². The first-order valence-corrected chi connectivity index (χ1v) is 8.77. The van der Waals surface area contributed by atoms with Gasteiger partial charge in [-0.3, -0.25) is 9.20 Å². The van der Waals surface area contributed by atoms with Crippen molar-refractivity contribution in [3.63, 3.8) is 0 Å². The van der Waals surface area contributed by atoms with Gasteiger partial charge in [-0.25, -0.2) is 0 Å². The number of thioether (sulfide) groups is 1. The maximum atomic E-state index is 12.3. The Kier molecular flexibility index (Phi) is 5.50. The summed E-state index contributed by atoms with van der Waals surface area (Å²) < 4.78 is 38.7. The van der Waals surface area contributed by atoms with Gasteiger partial charge in [0.15, 0.2) is 11.5 Å². The molecular weight excluding hydrogens is 377 g/mol. The Morgan fingerprint density at radius 2 is 1.93 bits per heavy atom. The zero-order valence-corrected chi connectivity index (χ0v) is 15.0. The summed E-state index contributed by atoms with van der Waals surface area (Å²) in [6.07, 6.45) is 4.67. The van der Waals surface area contributed by atoms with Gasteiger partial charge in [0.1, 0.15) is 0 Å². The molecule has 0 aliphatic carbocycles. The Balaban J connectivity index is 1.61. The van der Waals surface area contributed by atoms with Crippen LogP contribution in [-0.2, 0) is 4.79 Å². The zero-order valence-electron chi connectivity index (χ0n) is 14.1. The van der Waals surface area contributed by atoms with E-state index in [0.29, 0.717) is 17.0 Å². The second-order valence-corrected chi connectivity index (χ2v) is 6.81. The monoisotopic (exact) mass is 392 g/mol. The van der Waals surface area contributed by atoms with Gasteiger partial charge in [0.2, 0.25) is 5.91 Å². The summed E-state index contributed by atoms with van der Waals surface area (Å²) >= 11 is -0.177. The van der Waals surface area contributed by atoms with Gasteiger partial charge in [-0.1, -0.05) is 18.2 Å². The van der Waals surface area contributed by atoms with Crippen LogP contribution in [0.3, 0.4) is 0 Å². The van der Waals surface area contributed by atoms with E-state index in [1.165, 1.54) is 36.4 Å². The van der Waals surface area contributed by atoms with Crippen LogP contribution in [0, 0.1) is 0 Å². The minimum absolute atomic E-state index is 0.0939. The first-order chi connectivity index (χ1) is 12.8. The predicted octanol–water partition coefficient (Wildman–Crippen LogP) is 4.23. The lowest BCUT2D eigenvalue weighted by atomic mass is 10.2. The van der Waals surface area contributed by atoms with Crippen LogP contribution in [0.1, 0.15) is 24.4 Å². The van der Waals surface area contributed by atoms with Gasteiger partial charge >= 0.3 is 5.51 Å². The molecule has 9 heteroatoms. The number of halogens is 3. The van der Waals surface area contributed by atoms with Gasteiger partial charge in [0.05, 0.1) is 6.04 Å². The zero-order chi connectivity index (χ0) is 19.4. The number of rotatable bonds is 5. The third kappa shape index (κ3) is 5.10. The first kappa shape index (κ1) is 19.0. The van der Waals surface area contributed by atoms with Crippen LogP contribution >= 0.6 is 11.8 Å². The summed E-state index contributed by atoms with van der Waals surface area (Å²) in [5, 5.41) is 10.9. The molecule has 27 heavy (non-hydrogen) atoms. The molecule has 1 N–H and O–H groups in total. The lowest BCUT2D eigenvalue weighted by Crippen LogP contribution is -2.26. The number of alkyl halides is 3. The molecule has 0 saturated carbocycles. The fraction of sp³-hybridized carbons (Fsp3) is 0.167. The second-order valence-electron chi connectivity index (χ2n) is 5.67. The van der Waals surface area contributed by atoms with Crippen molar-refractivity contribution in [3.8, 4) is 0 Å². The topological polar surface area (TPSA) is 59.3 Å². The van der Waals surface area contributed by atoms with E-state index in [2.05, 4.69) is 15.5 Å². The summed E-state index contributed by atoms with van der Waals surface area (Å²) in [5.74, 6) is 0.254. The van der Waals surface area contributed by atoms with Crippen LogP contribution in [0.4, 0.5) is 13.2 Å². The molecule has 3 aromatic rings. The van der Waals surface area contributed by atoms with Crippen molar-refractivity contribution in [3.05, 3.63) is 66.1 Å². The van der Waals surface area contributed by atoms with Crippen LogP contribution in [0.25, 0.3) is 11.7 Å². The van der Waals surface area contributed by atoms with E-state index in [1.807, 2.05) is 24.4 Å². The molecule has 2 heterocycles. The summed E-state index contributed by atoms with van der Waals surface area (Å²) in [5.41, 5.74) is -3.02. The average Bonchev–Trinajstić information content (AvgIpc) is 3.04. The molecule has 0 radical (unpaired) electrons. The normalized spacial score (nSPS) is 13.2. The fourth-order valence-corrected chi connectivity index (χ4v) is 2.97. The molecule has 0 aliphatic rings. The largest absolute Gasteiger partial charge is 0.446 e. The minimum atomic E-state index is -4.32. The number of amides is 1. The molecule has 140 valence electrons. The molecule has 1 amide bonds.